The Balaban J connectivity index is 1.71. The number of amides is 2. The molecule has 0 heterocycles. The maximum atomic E-state index is 13.9. The first-order valence-corrected chi connectivity index (χ1v) is 11.8. The minimum absolute atomic E-state index is 0.0847. The lowest BCUT2D eigenvalue weighted by Gasteiger charge is -2.25. The van der Waals surface area contributed by atoms with Crippen molar-refractivity contribution in [3.63, 3.8) is 0 Å². The summed E-state index contributed by atoms with van der Waals surface area (Å²) in [5.74, 6) is -0.974. The normalized spacial score (nSPS) is 10.4. The lowest BCUT2D eigenvalue weighted by Crippen LogP contribution is -2.32. The van der Waals surface area contributed by atoms with Crippen molar-refractivity contribution in [1.29, 1.82) is 0 Å². The number of carbonyl (C=O) groups excluding carboxylic acids is 2. The van der Waals surface area contributed by atoms with Crippen molar-refractivity contribution in [1.82, 2.24) is 0 Å². The first kappa shape index (κ1) is 24.1. The molecule has 0 saturated heterocycles. The van der Waals surface area contributed by atoms with Crippen LogP contribution in [0.1, 0.15) is 26.3 Å². The number of halogens is 1. The third-order valence-corrected chi connectivity index (χ3v) is 6.24. The van der Waals surface area contributed by atoms with Crippen molar-refractivity contribution in [2.45, 2.75) is 6.54 Å². The van der Waals surface area contributed by atoms with Gasteiger partial charge < -0.3 is 10.2 Å². The van der Waals surface area contributed by atoms with E-state index in [-0.39, 0.29) is 28.4 Å². The topological polar surface area (TPSA) is 92.6 Å². The van der Waals surface area contributed by atoms with E-state index in [4.69, 9.17) is 0 Å². The number of hydrogen-bond donors (Lipinski definition) is 1. The van der Waals surface area contributed by atoms with Crippen LogP contribution in [0.2, 0.25) is 0 Å². The molecule has 0 aliphatic rings. The minimum Gasteiger partial charge on any atom is -0.321 e. The maximum absolute atomic E-state index is 13.9. The zero-order valence-electron chi connectivity index (χ0n) is 18.4. The predicted octanol–water partition coefficient (Wildman–Crippen LogP) is 6.30. The number of anilines is 2. The fourth-order valence-corrected chi connectivity index (χ4v) is 4.32. The second-order valence-electron chi connectivity index (χ2n) is 7.60. The largest absolute Gasteiger partial charge is 0.321 e. The molecule has 0 radical (unpaired) electrons. The summed E-state index contributed by atoms with van der Waals surface area (Å²) in [6.45, 7) is 0.326. The highest BCUT2D eigenvalue weighted by Gasteiger charge is 2.25. The molecule has 0 aromatic heterocycles. The minimum atomic E-state index is -0.665. The van der Waals surface area contributed by atoms with Crippen LogP contribution < -0.4 is 10.2 Å². The fourth-order valence-electron chi connectivity index (χ4n) is 3.64. The Morgan fingerprint density at radius 1 is 0.800 bits per heavy atom. The molecule has 0 atom stereocenters. The van der Waals surface area contributed by atoms with Crippen LogP contribution in [0, 0.1) is 13.7 Å². The highest BCUT2D eigenvalue weighted by molar-refractivity contribution is 14.1. The standard InChI is InChI=1S/C27H20IN3O4/c28-22-14-6-9-17-25(22)30(18-19-10-2-1-3-11-19)27(33)20-12-4-7-15-23(20)29-26(32)21-13-5-8-16-24(21)31(34)35/h1-17H,18H2,(H,29,32). The maximum Gasteiger partial charge on any atom is 0.282 e. The van der Waals surface area contributed by atoms with Gasteiger partial charge in [0.15, 0.2) is 0 Å². The Morgan fingerprint density at radius 3 is 2.11 bits per heavy atom. The van der Waals surface area contributed by atoms with Gasteiger partial charge in [-0.2, -0.15) is 0 Å². The SMILES string of the molecule is O=C(Nc1ccccc1C(=O)N(Cc1ccccc1)c1ccccc1I)c1ccccc1[N+](=O)[O-]. The molecule has 0 aliphatic heterocycles. The van der Waals surface area contributed by atoms with Crippen LogP contribution >= 0.6 is 22.6 Å². The van der Waals surface area contributed by atoms with E-state index in [1.807, 2.05) is 54.6 Å². The zero-order valence-corrected chi connectivity index (χ0v) is 20.6. The van der Waals surface area contributed by atoms with Crippen molar-refractivity contribution in [2.24, 2.45) is 0 Å². The zero-order chi connectivity index (χ0) is 24.8. The highest BCUT2D eigenvalue weighted by atomic mass is 127. The lowest BCUT2D eigenvalue weighted by atomic mass is 10.1. The van der Waals surface area contributed by atoms with Crippen LogP contribution in [0.25, 0.3) is 0 Å². The summed E-state index contributed by atoms with van der Waals surface area (Å²) < 4.78 is 0.899. The van der Waals surface area contributed by atoms with Gasteiger partial charge in [-0.3, -0.25) is 19.7 Å². The molecular weight excluding hydrogens is 557 g/mol. The van der Waals surface area contributed by atoms with Gasteiger partial charge in [-0.25, -0.2) is 0 Å². The van der Waals surface area contributed by atoms with Crippen molar-refractivity contribution in [3.05, 3.63) is 134 Å². The summed E-state index contributed by atoms with van der Waals surface area (Å²) in [6.07, 6.45) is 0. The third kappa shape index (κ3) is 5.55. The van der Waals surface area contributed by atoms with Gasteiger partial charge in [-0.05, 0) is 58.5 Å². The molecule has 0 bridgehead atoms. The van der Waals surface area contributed by atoms with E-state index in [1.165, 1.54) is 18.2 Å². The Labute approximate surface area is 215 Å². The molecule has 4 rings (SSSR count). The van der Waals surface area contributed by atoms with Gasteiger partial charge in [0.25, 0.3) is 17.5 Å². The van der Waals surface area contributed by atoms with E-state index in [0.29, 0.717) is 6.54 Å². The summed E-state index contributed by atoms with van der Waals surface area (Å²) in [6, 6.07) is 29.5. The Morgan fingerprint density at radius 2 is 1.40 bits per heavy atom. The van der Waals surface area contributed by atoms with Gasteiger partial charge in [0.05, 0.1) is 28.4 Å². The second-order valence-corrected chi connectivity index (χ2v) is 8.76. The summed E-state index contributed by atoms with van der Waals surface area (Å²) in [4.78, 5) is 39.3. The Hall–Kier alpha value is -4.05. The van der Waals surface area contributed by atoms with Gasteiger partial charge >= 0.3 is 0 Å². The number of nitro groups is 1. The van der Waals surface area contributed by atoms with Crippen molar-refractivity contribution in [3.8, 4) is 0 Å². The molecule has 7 nitrogen and oxygen atoms in total. The molecule has 4 aromatic carbocycles. The first-order chi connectivity index (χ1) is 17.0. The van der Waals surface area contributed by atoms with Crippen LogP contribution in [0.15, 0.2) is 103 Å². The average molecular weight is 577 g/mol. The summed E-state index contributed by atoms with van der Waals surface area (Å²) in [7, 11) is 0. The molecule has 0 fully saturated rings. The van der Waals surface area contributed by atoms with Crippen LogP contribution in [0.5, 0.6) is 0 Å². The van der Waals surface area contributed by atoms with E-state index in [2.05, 4.69) is 27.9 Å². The van der Waals surface area contributed by atoms with Crippen LogP contribution in [0.3, 0.4) is 0 Å². The molecule has 1 N–H and O–H groups in total. The number of hydrogen-bond acceptors (Lipinski definition) is 4. The van der Waals surface area contributed by atoms with E-state index in [9.17, 15) is 19.7 Å². The molecule has 174 valence electrons. The lowest BCUT2D eigenvalue weighted by molar-refractivity contribution is -0.385. The van der Waals surface area contributed by atoms with Gasteiger partial charge in [-0.15, -0.1) is 0 Å². The Kier molecular flexibility index (Phi) is 7.51. The van der Waals surface area contributed by atoms with Crippen molar-refractivity contribution >= 4 is 51.5 Å². The number of nitrogens with one attached hydrogen (secondary N) is 1. The molecule has 0 saturated carbocycles. The molecule has 0 unspecified atom stereocenters. The van der Waals surface area contributed by atoms with E-state index in [0.717, 1.165) is 14.8 Å². The van der Waals surface area contributed by atoms with Gasteiger partial charge in [-0.1, -0.05) is 66.7 Å². The van der Waals surface area contributed by atoms with E-state index >= 15 is 0 Å². The highest BCUT2D eigenvalue weighted by Crippen LogP contribution is 2.28. The number of nitrogens with zero attached hydrogens (tertiary/aromatic N) is 2. The molecule has 4 aromatic rings. The quantitative estimate of drug-likeness (QED) is 0.159. The number of benzene rings is 4. The predicted molar refractivity (Wildman–Crippen MR) is 144 cm³/mol. The smallest absolute Gasteiger partial charge is 0.282 e. The van der Waals surface area contributed by atoms with Crippen molar-refractivity contribution in [2.75, 3.05) is 10.2 Å². The number of rotatable bonds is 7. The van der Waals surface area contributed by atoms with Crippen LogP contribution in [-0.4, -0.2) is 16.7 Å². The van der Waals surface area contributed by atoms with E-state index < -0.39 is 10.8 Å². The van der Waals surface area contributed by atoms with Gasteiger partial charge in [0, 0.05) is 9.64 Å². The second kappa shape index (κ2) is 10.9. The summed E-state index contributed by atoms with van der Waals surface area (Å²) in [5.41, 5.74) is 1.83. The van der Waals surface area contributed by atoms with Crippen LogP contribution in [-0.2, 0) is 6.54 Å². The molecule has 0 aliphatic carbocycles. The van der Waals surface area contributed by atoms with Gasteiger partial charge in [0.2, 0.25) is 0 Å². The molecule has 35 heavy (non-hydrogen) atoms. The van der Waals surface area contributed by atoms with Crippen molar-refractivity contribution < 1.29 is 14.5 Å². The number of para-hydroxylation sites is 3. The monoisotopic (exact) mass is 577 g/mol. The van der Waals surface area contributed by atoms with E-state index in [1.54, 1.807) is 35.2 Å². The molecule has 0 spiro atoms. The summed E-state index contributed by atoms with van der Waals surface area (Å²) in [5, 5.41) is 14.1. The molecule has 2 amide bonds. The summed E-state index contributed by atoms with van der Waals surface area (Å²) >= 11 is 2.19. The third-order valence-electron chi connectivity index (χ3n) is 5.32. The molecular formula is C27H20IN3O4. The average Bonchev–Trinajstić information content (AvgIpc) is 2.88. The first-order valence-electron chi connectivity index (χ1n) is 10.7. The Bertz CT molecular complexity index is 1390. The number of carbonyl (C=O) groups is 2. The fraction of sp³-hybridized carbons (Fsp3) is 0.0370. The van der Waals surface area contributed by atoms with Gasteiger partial charge in [0.1, 0.15) is 5.56 Å². The number of nitro benzene ring substituents is 1. The molecule has 8 heteroatoms. The van der Waals surface area contributed by atoms with Crippen LogP contribution in [0.4, 0.5) is 17.1 Å².